The van der Waals surface area contributed by atoms with Crippen LogP contribution in [0.3, 0.4) is 0 Å². The maximum atomic E-state index is 13.1. The molecule has 0 bridgehead atoms. The van der Waals surface area contributed by atoms with E-state index in [0.717, 1.165) is 5.56 Å². The molecule has 0 N–H and O–H groups in total. The first-order chi connectivity index (χ1) is 9.60. The van der Waals surface area contributed by atoms with Crippen LogP contribution in [0, 0.1) is 17.1 Å². The molecule has 20 heavy (non-hydrogen) atoms. The Morgan fingerprint density at radius 3 is 2.50 bits per heavy atom. The molecule has 2 nitrogen and oxygen atoms in total. The molecule has 0 atom stereocenters. The Morgan fingerprint density at radius 1 is 1.20 bits per heavy atom. The van der Waals surface area contributed by atoms with Crippen molar-refractivity contribution >= 4 is 27.8 Å². The van der Waals surface area contributed by atoms with Gasteiger partial charge in [-0.1, -0.05) is 18.2 Å². The van der Waals surface area contributed by atoms with Crippen molar-refractivity contribution in [3.8, 4) is 6.07 Å². The van der Waals surface area contributed by atoms with Gasteiger partial charge in [-0.3, -0.25) is 4.79 Å². The first kappa shape index (κ1) is 14.2. The van der Waals surface area contributed by atoms with Crippen LogP contribution < -0.4 is 0 Å². The van der Waals surface area contributed by atoms with Crippen molar-refractivity contribution in [3.05, 3.63) is 75.5 Å². The largest absolute Gasteiger partial charge is 0.289 e. The molecule has 98 valence electrons. The highest BCUT2D eigenvalue weighted by Crippen LogP contribution is 2.17. The van der Waals surface area contributed by atoms with Crippen molar-refractivity contribution in [1.29, 1.82) is 5.26 Å². The molecule has 0 saturated heterocycles. The molecule has 2 aromatic rings. The number of benzene rings is 2. The molecule has 0 fully saturated rings. The Labute approximate surface area is 124 Å². The van der Waals surface area contributed by atoms with Crippen molar-refractivity contribution in [3.63, 3.8) is 0 Å². The Bertz CT molecular complexity index is 714. The number of hydrogen-bond acceptors (Lipinski definition) is 2. The fourth-order valence-electron chi connectivity index (χ4n) is 1.59. The number of rotatable bonds is 3. The highest BCUT2D eigenvalue weighted by molar-refractivity contribution is 9.10. The zero-order valence-electron chi connectivity index (χ0n) is 10.3. The summed E-state index contributed by atoms with van der Waals surface area (Å²) in [5.41, 5.74) is 1.79. The lowest BCUT2D eigenvalue weighted by Gasteiger charge is -1.98. The third kappa shape index (κ3) is 3.40. The maximum Gasteiger partial charge on any atom is 0.185 e. The number of carbonyl (C=O) groups is 1. The third-order valence-corrected chi connectivity index (χ3v) is 3.28. The molecule has 2 aromatic carbocycles. The minimum Gasteiger partial charge on any atom is -0.289 e. The summed E-state index contributed by atoms with van der Waals surface area (Å²) in [7, 11) is 0. The Morgan fingerprint density at radius 2 is 1.90 bits per heavy atom. The Balaban J connectivity index is 2.15. The van der Waals surface area contributed by atoms with E-state index in [2.05, 4.69) is 15.9 Å². The van der Waals surface area contributed by atoms with Gasteiger partial charge >= 0.3 is 0 Å². The molecule has 0 aromatic heterocycles. The summed E-state index contributed by atoms with van der Waals surface area (Å²) in [5.74, 6) is -0.618. The highest BCUT2D eigenvalue weighted by Gasteiger charge is 2.05. The van der Waals surface area contributed by atoms with E-state index in [-0.39, 0.29) is 10.3 Å². The second kappa shape index (κ2) is 6.27. The Hall–Kier alpha value is -2.25. The molecule has 0 saturated carbocycles. The summed E-state index contributed by atoms with van der Waals surface area (Å²) in [6.07, 6.45) is 3.07. The summed E-state index contributed by atoms with van der Waals surface area (Å²) in [4.78, 5) is 11.9. The predicted octanol–water partition coefficient (Wildman–Crippen LogP) is 4.36. The van der Waals surface area contributed by atoms with Crippen LogP contribution in [-0.2, 0) is 0 Å². The average molecular weight is 330 g/mol. The molecule has 0 aliphatic rings. The molecule has 4 heteroatoms. The highest BCUT2D eigenvalue weighted by atomic mass is 79.9. The number of nitrogens with zero attached hydrogens (tertiary/aromatic N) is 1. The zero-order chi connectivity index (χ0) is 14.5. The fourth-order valence-corrected chi connectivity index (χ4v) is 1.97. The van der Waals surface area contributed by atoms with Gasteiger partial charge in [-0.2, -0.15) is 5.26 Å². The van der Waals surface area contributed by atoms with Gasteiger partial charge in [0, 0.05) is 5.56 Å². The van der Waals surface area contributed by atoms with Gasteiger partial charge in [0.15, 0.2) is 5.78 Å². The lowest BCUT2D eigenvalue weighted by Crippen LogP contribution is -1.94. The van der Waals surface area contributed by atoms with Gasteiger partial charge in [-0.25, -0.2) is 4.39 Å². The fraction of sp³-hybridized carbons (Fsp3) is 0. The van der Waals surface area contributed by atoms with Crippen molar-refractivity contribution in [2.24, 2.45) is 0 Å². The number of hydrogen-bond donors (Lipinski definition) is 0. The van der Waals surface area contributed by atoms with E-state index < -0.39 is 5.82 Å². The predicted molar refractivity (Wildman–Crippen MR) is 78.6 cm³/mol. The summed E-state index contributed by atoms with van der Waals surface area (Å²) < 4.78 is 13.3. The van der Waals surface area contributed by atoms with Gasteiger partial charge in [0.1, 0.15) is 5.82 Å². The van der Waals surface area contributed by atoms with Crippen LogP contribution in [0.2, 0.25) is 0 Å². The zero-order valence-corrected chi connectivity index (χ0v) is 11.9. The van der Waals surface area contributed by atoms with Gasteiger partial charge in [0.25, 0.3) is 0 Å². The second-order valence-electron chi connectivity index (χ2n) is 4.06. The van der Waals surface area contributed by atoms with E-state index in [0.29, 0.717) is 11.1 Å². The normalized spacial score (nSPS) is 10.4. The molecule has 0 amide bonds. The first-order valence-corrected chi connectivity index (χ1v) is 6.57. The van der Waals surface area contributed by atoms with Crippen molar-refractivity contribution in [1.82, 2.24) is 0 Å². The number of halogens is 2. The summed E-state index contributed by atoms with van der Waals surface area (Å²) >= 11 is 3.04. The molecule has 0 aliphatic carbocycles. The Kier molecular flexibility index (Phi) is 4.44. The van der Waals surface area contributed by atoms with Crippen LogP contribution in [0.5, 0.6) is 0 Å². The van der Waals surface area contributed by atoms with Crippen LogP contribution in [0.4, 0.5) is 4.39 Å². The van der Waals surface area contributed by atoms with Crippen LogP contribution >= 0.6 is 15.9 Å². The van der Waals surface area contributed by atoms with Crippen molar-refractivity contribution in [2.45, 2.75) is 0 Å². The van der Waals surface area contributed by atoms with Crippen LogP contribution in [-0.4, -0.2) is 5.78 Å². The molecular formula is C16H9BrFNO. The summed E-state index contributed by atoms with van der Waals surface area (Å²) in [6.45, 7) is 0. The van der Waals surface area contributed by atoms with Crippen LogP contribution in [0.15, 0.2) is 53.0 Å². The number of ketones is 1. The molecule has 0 unspecified atom stereocenters. The van der Waals surface area contributed by atoms with Crippen LogP contribution in [0.1, 0.15) is 21.5 Å². The SMILES string of the molecule is N#Cc1ccc(/C=C/C(=O)c2ccc(F)c(Br)c2)cc1. The lowest BCUT2D eigenvalue weighted by atomic mass is 10.1. The van der Waals surface area contributed by atoms with Gasteiger partial charge in [-0.05, 0) is 57.9 Å². The summed E-state index contributed by atoms with van der Waals surface area (Å²) in [6, 6.07) is 13.0. The van der Waals surface area contributed by atoms with E-state index in [9.17, 15) is 9.18 Å². The third-order valence-electron chi connectivity index (χ3n) is 2.67. The minimum atomic E-state index is -0.405. The maximum absolute atomic E-state index is 13.1. The van der Waals surface area contributed by atoms with E-state index in [1.54, 1.807) is 30.3 Å². The van der Waals surface area contributed by atoms with Crippen LogP contribution in [0.25, 0.3) is 6.08 Å². The molecule has 0 spiro atoms. The first-order valence-electron chi connectivity index (χ1n) is 5.78. The van der Waals surface area contributed by atoms with Gasteiger partial charge in [0.05, 0.1) is 16.1 Å². The van der Waals surface area contributed by atoms with E-state index in [1.807, 2.05) is 6.07 Å². The van der Waals surface area contributed by atoms with Crippen molar-refractivity contribution < 1.29 is 9.18 Å². The number of nitriles is 1. The van der Waals surface area contributed by atoms with Gasteiger partial charge < -0.3 is 0 Å². The second-order valence-corrected chi connectivity index (χ2v) is 4.91. The van der Waals surface area contributed by atoms with E-state index in [1.165, 1.54) is 24.3 Å². The average Bonchev–Trinajstić information content (AvgIpc) is 2.48. The summed E-state index contributed by atoms with van der Waals surface area (Å²) in [5, 5.41) is 8.69. The molecule has 0 radical (unpaired) electrons. The molecule has 0 heterocycles. The van der Waals surface area contributed by atoms with Crippen molar-refractivity contribution in [2.75, 3.05) is 0 Å². The van der Waals surface area contributed by atoms with Gasteiger partial charge in [-0.15, -0.1) is 0 Å². The molecule has 0 aliphatic heterocycles. The van der Waals surface area contributed by atoms with E-state index in [4.69, 9.17) is 5.26 Å². The van der Waals surface area contributed by atoms with Gasteiger partial charge in [0.2, 0.25) is 0 Å². The molecular weight excluding hydrogens is 321 g/mol. The number of allylic oxidation sites excluding steroid dienone is 1. The number of carbonyl (C=O) groups excluding carboxylic acids is 1. The molecule has 2 rings (SSSR count). The standard InChI is InChI=1S/C16H9BrFNO/c17-14-9-13(6-7-15(14)18)16(20)8-5-11-1-3-12(10-19)4-2-11/h1-9H/b8-5+. The minimum absolute atomic E-state index is 0.213. The topological polar surface area (TPSA) is 40.9 Å². The lowest BCUT2D eigenvalue weighted by molar-refractivity contribution is 0.104. The van der Waals surface area contributed by atoms with E-state index >= 15 is 0 Å². The smallest absolute Gasteiger partial charge is 0.185 e. The monoisotopic (exact) mass is 329 g/mol. The quantitative estimate of drug-likeness (QED) is 0.620.